The van der Waals surface area contributed by atoms with E-state index in [2.05, 4.69) is 19.2 Å². The fourth-order valence-corrected chi connectivity index (χ4v) is 2.05. The first-order valence-corrected chi connectivity index (χ1v) is 6.26. The second kappa shape index (κ2) is 6.86. The molecule has 1 rings (SSSR count). The zero-order valence-corrected chi connectivity index (χ0v) is 10.4. The molecule has 4 nitrogen and oxygen atoms in total. The number of carbonyl (C=O) groups is 1. The van der Waals surface area contributed by atoms with E-state index in [0.29, 0.717) is 19.0 Å². The molecule has 1 aliphatic heterocycles. The topological polar surface area (TPSA) is 52.6 Å². The zero-order chi connectivity index (χ0) is 12.0. The number of nitrogens with zero attached hydrogens (tertiary/aromatic N) is 1. The Morgan fingerprint density at radius 2 is 2.00 bits per heavy atom. The van der Waals surface area contributed by atoms with Gasteiger partial charge in [-0.1, -0.05) is 13.8 Å². The summed E-state index contributed by atoms with van der Waals surface area (Å²) in [6.45, 7) is 6.83. The predicted molar refractivity (Wildman–Crippen MR) is 64.1 cm³/mol. The van der Waals surface area contributed by atoms with Crippen molar-refractivity contribution in [2.45, 2.75) is 39.2 Å². The number of aliphatic hydroxyl groups is 1. The first-order chi connectivity index (χ1) is 7.59. The van der Waals surface area contributed by atoms with Crippen molar-refractivity contribution in [3.8, 4) is 0 Å². The highest BCUT2D eigenvalue weighted by Crippen LogP contribution is 2.07. The van der Waals surface area contributed by atoms with Crippen LogP contribution in [0.15, 0.2) is 0 Å². The van der Waals surface area contributed by atoms with Crippen molar-refractivity contribution < 1.29 is 9.90 Å². The Morgan fingerprint density at radius 3 is 2.56 bits per heavy atom. The van der Waals surface area contributed by atoms with Crippen LogP contribution in [0, 0.1) is 5.92 Å². The Morgan fingerprint density at radius 1 is 1.38 bits per heavy atom. The van der Waals surface area contributed by atoms with E-state index < -0.39 is 0 Å². The molecule has 1 aliphatic rings. The number of hydrogen-bond acceptors (Lipinski definition) is 3. The highest BCUT2D eigenvalue weighted by Gasteiger charge is 2.17. The summed E-state index contributed by atoms with van der Waals surface area (Å²) in [5.41, 5.74) is 0. The van der Waals surface area contributed by atoms with Crippen molar-refractivity contribution in [3.05, 3.63) is 0 Å². The first-order valence-electron chi connectivity index (χ1n) is 6.26. The van der Waals surface area contributed by atoms with E-state index in [0.717, 1.165) is 32.4 Å². The normalized spacial score (nSPS) is 18.1. The third-order valence-electron chi connectivity index (χ3n) is 2.86. The molecule has 1 heterocycles. The molecule has 94 valence electrons. The number of nitrogens with one attached hydrogen (secondary N) is 1. The van der Waals surface area contributed by atoms with Crippen LogP contribution < -0.4 is 5.32 Å². The summed E-state index contributed by atoms with van der Waals surface area (Å²) >= 11 is 0. The Balaban J connectivity index is 2.07. The molecule has 0 aromatic rings. The summed E-state index contributed by atoms with van der Waals surface area (Å²) in [5, 5.41) is 12.6. The van der Waals surface area contributed by atoms with Gasteiger partial charge in [-0.15, -0.1) is 0 Å². The average Bonchev–Trinajstić information content (AvgIpc) is 2.68. The van der Waals surface area contributed by atoms with Crippen LogP contribution in [0.1, 0.15) is 33.1 Å². The lowest BCUT2D eigenvalue weighted by Gasteiger charge is -2.17. The van der Waals surface area contributed by atoms with E-state index in [1.807, 2.05) is 4.90 Å². The average molecular weight is 228 g/mol. The standard InChI is InChI=1S/C12H24N2O2/c1-10(2)7-11(15)8-13-9-12(16)14-5-3-4-6-14/h10-11,13,15H,3-9H2,1-2H3. The number of amides is 1. The number of aliphatic hydroxyl groups excluding tert-OH is 1. The third-order valence-corrected chi connectivity index (χ3v) is 2.86. The van der Waals surface area contributed by atoms with Crippen molar-refractivity contribution in [2.24, 2.45) is 5.92 Å². The van der Waals surface area contributed by atoms with E-state index >= 15 is 0 Å². The van der Waals surface area contributed by atoms with Gasteiger partial charge >= 0.3 is 0 Å². The third kappa shape index (κ3) is 4.94. The smallest absolute Gasteiger partial charge is 0.236 e. The molecule has 0 aliphatic carbocycles. The number of carbonyl (C=O) groups excluding carboxylic acids is 1. The molecule has 1 unspecified atom stereocenters. The Hall–Kier alpha value is -0.610. The maximum absolute atomic E-state index is 11.6. The van der Waals surface area contributed by atoms with Gasteiger partial charge in [0, 0.05) is 19.6 Å². The molecule has 0 spiro atoms. The summed E-state index contributed by atoms with van der Waals surface area (Å²) in [7, 11) is 0. The second-order valence-electron chi connectivity index (χ2n) is 5.00. The van der Waals surface area contributed by atoms with E-state index in [9.17, 15) is 9.90 Å². The van der Waals surface area contributed by atoms with Crippen LogP contribution in [0.3, 0.4) is 0 Å². The minimum absolute atomic E-state index is 0.161. The number of hydrogen-bond donors (Lipinski definition) is 2. The molecule has 4 heteroatoms. The quantitative estimate of drug-likeness (QED) is 0.700. The summed E-state index contributed by atoms with van der Waals surface area (Å²) < 4.78 is 0. The van der Waals surface area contributed by atoms with Gasteiger partial charge in [0.15, 0.2) is 0 Å². The molecule has 16 heavy (non-hydrogen) atoms. The molecule has 0 aromatic heterocycles. The Kier molecular flexibility index (Phi) is 5.77. The van der Waals surface area contributed by atoms with Gasteiger partial charge < -0.3 is 15.3 Å². The first kappa shape index (κ1) is 13.5. The minimum atomic E-state index is -0.341. The van der Waals surface area contributed by atoms with Crippen LogP contribution in [-0.2, 0) is 4.79 Å². The Labute approximate surface area is 98.0 Å². The molecule has 1 saturated heterocycles. The zero-order valence-electron chi connectivity index (χ0n) is 10.4. The number of likely N-dealkylation sites (tertiary alicyclic amines) is 1. The number of rotatable bonds is 6. The van der Waals surface area contributed by atoms with Gasteiger partial charge in [0.05, 0.1) is 12.6 Å². The van der Waals surface area contributed by atoms with Gasteiger partial charge in [0.1, 0.15) is 0 Å². The molecular formula is C12H24N2O2. The van der Waals surface area contributed by atoms with E-state index in [4.69, 9.17) is 0 Å². The second-order valence-corrected chi connectivity index (χ2v) is 5.00. The van der Waals surface area contributed by atoms with E-state index in [1.54, 1.807) is 0 Å². The molecule has 0 bridgehead atoms. The molecule has 0 saturated carbocycles. The fraction of sp³-hybridized carbons (Fsp3) is 0.917. The molecular weight excluding hydrogens is 204 g/mol. The molecule has 1 amide bonds. The van der Waals surface area contributed by atoms with Crippen LogP contribution in [0.5, 0.6) is 0 Å². The fourth-order valence-electron chi connectivity index (χ4n) is 2.05. The summed E-state index contributed by atoms with van der Waals surface area (Å²) in [6.07, 6.45) is 2.69. The largest absolute Gasteiger partial charge is 0.392 e. The van der Waals surface area contributed by atoms with Crippen molar-refractivity contribution >= 4 is 5.91 Å². The van der Waals surface area contributed by atoms with Crippen molar-refractivity contribution in [1.82, 2.24) is 10.2 Å². The van der Waals surface area contributed by atoms with Crippen molar-refractivity contribution in [1.29, 1.82) is 0 Å². The van der Waals surface area contributed by atoms with Gasteiger partial charge in [-0.05, 0) is 25.2 Å². The van der Waals surface area contributed by atoms with E-state index in [-0.39, 0.29) is 12.0 Å². The Bertz CT molecular complexity index is 213. The van der Waals surface area contributed by atoms with Gasteiger partial charge in [0.2, 0.25) is 5.91 Å². The molecule has 1 fully saturated rings. The lowest BCUT2D eigenvalue weighted by molar-refractivity contribution is -0.129. The van der Waals surface area contributed by atoms with Crippen molar-refractivity contribution in [3.63, 3.8) is 0 Å². The maximum Gasteiger partial charge on any atom is 0.236 e. The minimum Gasteiger partial charge on any atom is -0.392 e. The van der Waals surface area contributed by atoms with Gasteiger partial charge in [-0.3, -0.25) is 4.79 Å². The monoisotopic (exact) mass is 228 g/mol. The lowest BCUT2D eigenvalue weighted by atomic mass is 10.1. The van der Waals surface area contributed by atoms with Gasteiger partial charge in [0.25, 0.3) is 0 Å². The van der Waals surface area contributed by atoms with Crippen molar-refractivity contribution in [2.75, 3.05) is 26.2 Å². The van der Waals surface area contributed by atoms with Gasteiger partial charge in [-0.25, -0.2) is 0 Å². The summed E-state index contributed by atoms with van der Waals surface area (Å²) in [4.78, 5) is 13.5. The highest BCUT2D eigenvalue weighted by molar-refractivity contribution is 5.78. The van der Waals surface area contributed by atoms with Crippen LogP contribution in [-0.4, -0.2) is 48.2 Å². The molecule has 2 N–H and O–H groups in total. The summed E-state index contributed by atoms with van der Waals surface area (Å²) in [5.74, 6) is 0.653. The van der Waals surface area contributed by atoms with Crippen LogP contribution in [0.4, 0.5) is 0 Å². The van der Waals surface area contributed by atoms with Crippen LogP contribution in [0.25, 0.3) is 0 Å². The summed E-state index contributed by atoms with van der Waals surface area (Å²) in [6, 6.07) is 0. The molecule has 0 aromatic carbocycles. The highest BCUT2D eigenvalue weighted by atomic mass is 16.3. The van der Waals surface area contributed by atoms with Crippen LogP contribution >= 0.6 is 0 Å². The SMILES string of the molecule is CC(C)CC(O)CNCC(=O)N1CCCC1. The van der Waals surface area contributed by atoms with E-state index in [1.165, 1.54) is 0 Å². The van der Waals surface area contributed by atoms with Gasteiger partial charge in [-0.2, -0.15) is 0 Å². The predicted octanol–water partition coefficient (Wildman–Crippen LogP) is 0.605. The maximum atomic E-state index is 11.6. The lowest BCUT2D eigenvalue weighted by Crippen LogP contribution is -2.39. The van der Waals surface area contributed by atoms with Crippen LogP contribution in [0.2, 0.25) is 0 Å². The molecule has 1 atom stereocenters. The molecule has 0 radical (unpaired) electrons.